The molecule has 1 atom stereocenters. The van der Waals surface area contributed by atoms with Gasteiger partial charge in [-0.15, -0.1) is 0 Å². The third-order valence-corrected chi connectivity index (χ3v) is 5.36. The normalized spacial score (nSPS) is 15.8. The van der Waals surface area contributed by atoms with Crippen molar-refractivity contribution in [2.24, 2.45) is 5.73 Å². The first-order valence-corrected chi connectivity index (χ1v) is 9.43. The number of piperazine rings is 1. The van der Waals surface area contributed by atoms with E-state index < -0.39 is 6.04 Å². The van der Waals surface area contributed by atoms with Crippen molar-refractivity contribution in [1.29, 1.82) is 0 Å². The van der Waals surface area contributed by atoms with Crippen LogP contribution in [0, 0.1) is 13.8 Å². The Morgan fingerprint density at radius 3 is 2.46 bits per heavy atom. The maximum Gasteiger partial charge on any atom is 0.239 e. The van der Waals surface area contributed by atoms with Crippen molar-refractivity contribution < 1.29 is 4.79 Å². The second-order valence-electron chi connectivity index (χ2n) is 6.98. The summed E-state index contributed by atoms with van der Waals surface area (Å²) in [6.45, 7) is 7.10. The van der Waals surface area contributed by atoms with Gasteiger partial charge in [0.15, 0.2) is 0 Å². The Morgan fingerprint density at radius 2 is 1.77 bits per heavy atom. The van der Waals surface area contributed by atoms with Gasteiger partial charge in [-0.1, -0.05) is 41.9 Å². The van der Waals surface area contributed by atoms with Crippen LogP contribution in [-0.2, 0) is 11.2 Å². The molecule has 1 amide bonds. The molecule has 3 rings (SSSR count). The molecule has 1 heterocycles. The van der Waals surface area contributed by atoms with E-state index in [-0.39, 0.29) is 5.91 Å². The molecule has 0 aliphatic carbocycles. The number of nitrogens with two attached hydrogens (primary N) is 1. The first kappa shape index (κ1) is 18.7. The molecular weight excluding hydrogens is 346 g/mol. The Labute approximate surface area is 160 Å². The van der Waals surface area contributed by atoms with Gasteiger partial charge in [-0.05, 0) is 49.1 Å². The first-order valence-electron chi connectivity index (χ1n) is 9.05. The van der Waals surface area contributed by atoms with Crippen molar-refractivity contribution in [2.75, 3.05) is 31.1 Å². The van der Waals surface area contributed by atoms with Gasteiger partial charge in [0, 0.05) is 36.9 Å². The number of hydrogen-bond donors (Lipinski definition) is 1. The third kappa shape index (κ3) is 4.19. The van der Waals surface area contributed by atoms with Crippen molar-refractivity contribution in [3.63, 3.8) is 0 Å². The van der Waals surface area contributed by atoms with Crippen LogP contribution in [0.1, 0.15) is 16.7 Å². The highest BCUT2D eigenvalue weighted by atomic mass is 35.5. The van der Waals surface area contributed by atoms with Gasteiger partial charge in [0.2, 0.25) is 5.91 Å². The van der Waals surface area contributed by atoms with Crippen molar-refractivity contribution >= 4 is 23.2 Å². The van der Waals surface area contributed by atoms with Crippen molar-refractivity contribution in [2.45, 2.75) is 26.3 Å². The summed E-state index contributed by atoms with van der Waals surface area (Å²) in [5.74, 6) is 0.0377. The number of aryl methyl sites for hydroxylation is 2. The second kappa shape index (κ2) is 8.11. The summed E-state index contributed by atoms with van der Waals surface area (Å²) in [7, 11) is 0. The van der Waals surface area contributed by atoms with E-state index in [9.17, 15) is 4.79 Å². The molecule has 2 aromatic rings. The number of carbonyl (C=O) groups excluding carboxylic acids is 1. The smallest absolute Gasteiger partial charge is 0.239 e. The Kier molecular flexibility index (Phi) is 5.84. The van der Waals surface area contributed by atoms with Gasteiger partial charge >= 0.3 is 0 Å². The zero-order valence-corrected chi connectivity index (χ0v) is 16.2. The lowest BCUT2D eigenvalue weighted by molar-refractivity contribution is -0.132. The number of nitrogens with zero attached hydrogens (tertiary/aromatic N) is 2. The van der Waals surface area contributed by atoms with Gasteiger partial charge in [-0.25, -0.2) is 0 Å². The Hall–Kier alpha value is -2.04. The highest BCUT2D eigenvalue weighted by Crippen LogP contribution is 2.25. The largest absolute Gasteiger partial charge is 0.368 e. The second-order valence-corrected chi connectivity index (χ2v) is 7.42. The van der Waals surface area contributed by atoms with E-state index in [1.54, 1.807) is 0 Å². The SMILES string of the molecule is Cc1ccccc1CC(N)C(=O)N1CCN(c2cc(Cl)ccc2C)CC1. The van der Waals surface area contributed by atoms with E-state index in [0.717, 1.165) is 29.4 Å². The fourth-order valence-electron chi connectivity index (χ4n) is 3.49. The number of rotatable bonds is 4. The fraction of sp³-hybridized carbons (Fsp3) is 0.381. The minimum absolute atomic E-state index is 0.0377. The quantitative estimate of drug-likeness (QED) is 0.898. The summed E-state index contributed by atoms with van der Waals surface area (Å²) in [4.78, 5) is 16.9. The van der Waals surface area contributed by atoms with Crippen LogP contribution in [0.25, 0.3) is 0 Å². The molecule has 4 nitrogen and oxygen atoms in total. The summed E-state index contributed by atoms with van der Waals surface area (Å²) >= 11 is 6.14. The Balaban J connectivity index is 1.59. The molecule has 2 N–H and O–H groups in total. The number of anilines is 1. The van der Waals surface area contributed by atoms with E-state index in [1.807, 2.05) is 41.3 Å². The van der Waals surface area contributed by atoms with Crippen LogP contribution in [0.4, 0.5) is 5.69 Å². The maximum atomic E-state index is 12.7. The van der Waals surface area contributed by atoms with Gasteiger partial charge in [-0.2, -0.15) is 0 Å². The molecule has 2 aromatic carbocycles. The lowest BCUT2D eigenvalue weighted by Crippen LogP contribution is -2.53. The highest BCUT2D eigenvalue weighted by molar-refractivity contribution is 6.30. The van der Waals surface area contributed by atoms with Crippen molar-refractivity contribution in [3.05, 3.63) is 64.2 Å². The molecule has 0 aromatic heterocycles. The number of benzene rings is 2. The highest BCUT2D eigenvalue weighted by Gasteiger charge is 2.26. The van der Waals surface area contributed by atoms with Crippen LogP contribution >= 0.6 is 11.6 Å². The molecule has 1 aliphatic heterocycles. The fourth-order valence-corrected chi connectivity index (χ4v) is 3.66. The molecule has 0 radical (unpaired) electrons. The van der Waals surface area contributed by atoms with Gasteiger partial charge in [-0.3, -0.25) is 4.79 Å². The molecule has 0 saturated carbocycles. The van der Waals surface area contributed by atoms with Crippen LogP contribution in [0.3, 0.4) is 0 Å². The van der Waals surface area contributed by atoms with Gasteiger partial charge in [0.25, 0.3) is 0 Å². The maximum absolute atomic E-state index is 12.7. The third-order valence-electron chi connectivity index (χ3n) is 5.12. The van der Waals surface area contributed by atoms with Crippen molar-refractivity contribution in [1.82, 2.24) is 4.90 Å². The predicted molar refractivity (Wildman–Crippen MR) is 108 cm³/mol. The van der Waals surface area contributed by atoms with E-state index in [2.05, 4.69) is 24.8 Å². The number of hydrogen-bond acceptors (Lipinski definition) is 3. The zero-order valence-electron chi connectivity index (χ0n) is 15.4. The number of carbonyl (C=O) groups is 1. The lowest BCUT2D eigenvalue weighted by Gasteiger charge is -2.37. The average Bonchev–Trinajstić information content (AvgIpc) is 2.65. The monoisotopic (exact) mass is 371 g/mol. The minimum Gasteiger partial charge on any atom is -0.368 e. The number of halogens is 1. The number of amides is 1. The minimum atomic E-state index is -0.490. The van der Waals surface area contributed by atoms with E-state index in [4.69, 9.17) is 17.3 Å². The molecule has 138 valence electrons. The van der Waals surface area contributed by atoms with Gasteiger partial charge in [0.1, 0.15) is 0 Å². The summed E-state index contributed by atoms with van der Waals surface area (Å²) in [5.41, 5.74) is 10.9. The van der Waals surface area contributed by atoms with Crippen LogP contribution in [-0.4, -0.2) is 43.0 Å². The molecule has 0 bridgehead atoms. The van der Waals surface area contributed by atoms with E-state index in [0.29, 0.717) is 19.5 Å². The average molecular weight is 372 g/mol. The predicted octanol–water partition coefficient (Wildman–Crippen LogP) is 3.18. The standard InChI is InChI=1S/C21H26ClN3O/c1-15-5-3-4-6-17(15)13-19(23)21(26)25-11-9-24(10-12-25)20-14-18(22)8-7-16(20)2/h3-8,14,19H,9-13,23H2,1-2H3. The van der Waals surface area contributed by atoms with Crippen LogP contribution < -0.4 is 10.6 Å². The molecule has 1 aliphatic rings. The first-order chi connectivity index (χ1) is 12.5. The summed E-state index contributed by atoms with van der Waals surface area (Å²) in [6.07, 6.45) is 0.582. The zero-order chi connectivity index (χ0) is 18.7. The van der Waals surface area contributed by atoms with Crippen LogP contribution in [0.5, 0.6) is 0 Å². The molecule has 1 saturated heterocycles. The summed E-state index contributed by atoms with van der Waals surface area (Å²) < 4.78 is 0. The molecule has 0 spiro atoms. The lowest BCUT2D eigenvalue weighted by atomic mass is 10.0. The van der Waals surface area contributed by atoms with Crippen LogP contribution in [0.15, 0.2) is 42.5 Å². The summed E-state index contributed by atoms with van der Waals surface area (Å²) in [6, 6.07) is 13.5. The Morgan fingerprint density at radius 1 is 1.08 bits per heavy atom. The van der Waals surface area contributed by atoms with E-state index >= 15 is 0 Å². The molecule has 5 heteroatoms. The van der Waals surface area contributed by atoms with Crippen molar-refractivity contribution in [3.8, 4) is 0 Å². The van der Waals surface area contributed by atoms with E-state index in [1.165, 1.54) is 11.1 Å². The molecular formula is C21H26ClN3O. The van der Waals surface area contributed by atoms with Crippen LogP contribution in [0.2, 0.25) is 5.02 Å². The van der Waals surface area contributed by atoms with Gasteiger partial charge < -0.3 is 15.5 Å². The molecule has 1 fully saturated rings. The molecule has 1 unspecified atom stereocenters. The topological polar surface area (TPSA) is 49.6 Å². The summed E-state index contributed by atoms with van der Waals surface area (Å²) in [5, 5.41) is 0.740. The van der Waals surface area contributed by atoms with Gasteiger partial charge in [0.05, 0.1) is 6.04 Å². The Bertz CT molecular complexity index is 785. The molecule has 26 heavy (non-hydrogen) atoms.